The van der Waals surface area contributed by atoms with Gasteiger partial charge in [0.05, 0.1) is 17.5 Å². The first-order chi connectivity index (χ1) is 11.3. The Labute approximate surface area is 165 Å². The molecule has 1 aromatic carbocycles. The fourth-order valence-corrected chi connectivity index (χ4v) is 3.81. The molecule has 1 heterocycles. The van der Waals surface area contributed by atoms with Gasteiger partial charge in [0.1, 0.15) is 6.04 Å². The number of carbonyl (C=O) groups excluding carboxylic acids is 3. The van der Waals surface area contributed by atoms with E-state index in [9.17, 15) is 14.4 Å². The number of rotatable bonds is 6. The Morgan fingerprint density at radius 2 is 1.96 bits per heavy atom. The summed E-state index contributed by atoms with van der Waals surface area (Å²) in [5.41, 5.74) is 6.04. The quantitative estimate of drug-likeness (QED) is 0.476. The number of imide groups is 1. The van der Waals surface area contributed by atoms with E-state index in [4.69, 9.17) is 33.7 Å². The van der Waals surface area contributed by atoms with E-state index < -0.39 is 17.3 Å². The highest BCUT2D eigenvalue weighted by Crippen LogP contribution is 2.33. The summed E-state index contributed by atoms with van der Waals surface area (Å²) in [5.74, 6) is -1.06. The van der Waals surface area contributed by atoms with Crippen LogP contribution in [0.4, 0.5) is 5.69 Å². The highest BCUT2D eigenvalue weighted by Gasteiger charge is 2.40. The van der Waals surface area contributed by atoms with Crippen molar-refractivity contribution >= 4 is 58.4 Å². The van der Waals surface area contributed by atoms with Crippen LogP contribution in [0, 0.1) is 0 Å². The molecule has 0 aliphatic carbocycles. The SMILES string of the molecule is CCOC(=O)[C@@H](N)CSC1CC(=O)N(c2cc(Cl)cc(Cl)c2)C1=O.[Cl-]. The van der Waals surface area contributed by atoms with Crippen LogP contribution in [0.25, 0.3) is 0 Å². The molecule has 2 amide bonds. The van der Waals surface area contributed by atoms with Gasteiger partial charge < -0.3 is 22.9 Å². The summed E-state index contributed by atoms with van der Waals surface area (Å²) in [6.45, 7) is 1.92. The Morgan fingerprint density at radius 1 is 1.36 bits per heavy atom. The maximum absolute atomic E-state index is 12.5. The van der Waals surface area contributed by atoms with E-state index >= 15 is 0 Å². The number of amides is 2. The van der Waals surface area contributed by atoms with E-state index in [0.29, 0.717) is 15.7 Å². The minimum atomic E-state index is -0.840. The van der Waals surface area contributed by atoms with Crippen molar-refractivity contribution in [2.45, 2.75) is 24.6 Å². The molecular formula is C15H16Cl3N2O4S-. The second kappa shape index (κ2) is 9.64. The van der Waals surface area contributed by atoms with Crippen molar-refractivity contribution in [3.63, 3.8) is 0 Å². The zero-order valence-electron chi connectivity index (χ0n) is 13.2. The molecular weight excluding hydrogens is 411 g/mol. The standard InChI is InChI=1S/C15H16Cl2N2O4S.ClH/c1-2-23-15(22)11(18)7-24-12-6-13(20)19(14(12)21)10-4-8(16)3-9(17)5-10;/h3-5,11-12H,2,6-7,18H2,1H3;1H/p-1/t11-,12?;/m0./s1. The summed E-state index contributed by atoms with van der Waals surface area (Å²) >= 11 is 13.0. The molecule has 25 heavy (non-hydrogen) atoms. The van der Waals surface area contributed by atoms with Crippen molar-refractivity contribution in [1.29, 1.82) is 0 Å². The number of hydrogen-bond acceptors (Lipinski definition) is 6. The second-order valence-corrected chi connectivity index (χ2v) is 7.19. The Morgan fingerprint density at radius 3 is 2.52 bits per heavy atom. The molecule has 138 valence electrons. The number of esters is 1. The third kappa shape index (κ3) is 5.49. The van der Waals surface area contributed by atoms with E-state index in [1.165, 1.54) is 18.2 Å². The lowest BCUT2D eigenvalue weighted by Crippen LogP contribution is -3.00. The lowest BCUT2D eigenvalue weighted by molar-refractivity contribution is -0.144. The highest BCUT2D eigenvalue weighted by atomic mass is 35.5. The maximum atomic E-state index is 12.5. The minimum Gasteiger partial charge on any atom is -1.00 e. The van der Waals surface area contributed by atoms with Gasteiger partial charge in [0.2, 0.25) is 11.8 Å². The third-order valence-corrected chi connectivity index (χ3v) is 5.04. The average Bonchev–Trinajstić information content (AvgIpc) is 2.78. The second-order valence-electron chi connectivity index (χ2n) is 5.08. The average molecular weight is 427 g/mol. The van der Waals surface area contributed by atoms with Crippen LogP contribution in [-0.2, 0) is 19.1 Å². The fraction of sp³-hybridized carbons (Fsp3) is 0.400. The van der Waals surface area contributed by atoms with E-state index in [1.807, 2.05) is 0 Å². The third-order valence-electron chi connectivity index (χ3n) is 3.28. The first-order valence-electron chi connectivity index (χ1n) is 7.20. The number of hydrogen-bond donors (Lipinski definition) is 1. The van der Waals surface area contributed by atoms with Crippen molar-refractivity contribution in [2.24, 2.45) is 5.73 Å². The Balaban J connectivity index is 0.00000312. The molecule has 1 saturated heterocycles. The molecule has 1 aliphatic rings. The van der Waals surface area contributed by atoms with Gasteiger partial charge >= 0.3 is 5.97 Å². The number of nitrogens with two attached hydrogens (primary N) is 1. The molecule has 0 bridgehead atoms. The predicted octanol–water partition coefficient (Wildman–Crippen LogP) is -0.747. The number of halogens is 3. The van der Waals surface area contributed by atoms with Gasteiger partial charge in [-0.3, -0.25) is 14.4 Å². The molecule has 0 saturated carbocycles. The molecule has 0 radical (unpaired) electrons. The zero-order chi connectivity index (χ0) is 17.9. The molecule has 0 aromatic heterocycles. The number of benzene rings is 1. The summed E-state index contributed by atoms with van der Waals surface area (Å²) in [5, 5.41) is 0.0628. The van der Waals surface area contributed by atoms with Crippen molar-refractivity contribution in [2.75, 3.05) is 17.3 Å². The van der Waals surface area contributed by atoms with Crippen LogP contribution >= 0.6 is 35.0 Å². The first kappa shape index (κ1) is 22.1. The van der Waals surface area contributed by atoms with E-state index in [1.54, 1.807) is 6.92 Å². The molecule has 0 spiro atoms. The number of nitrogens with zero attached hydrogens (tertiary/aromatic N) is 1. The van der Waals surface area contributed by atoms with Gasteiger partial charge in [-0.05, 0) is 25.1 Å². The molecule has 2 rings (SSSR count). The number of anilines is 1. The summed E-state index contributed by atoms with van der Waals surface area (Å²) < 4.78 is 4.81. The molecule has 1 fully saturated rings. The molecule has 2 N–H and O–H groups in total. The summed E-state index contributed by atoms with van der Waals surface area (Å²) in [6.07, 6.45) is 0.0309. The number of ether oxygens (including phenoxy) is 1. The summed E-state index contributed by atoms with van der Waals surface area (Å²) in [6, 6.07) is 3.68. The van der Waals surface area contributed by atoms with Crippen LogP contribution in [0.1, 0.15) is 13.3 Å². The smallest absolute Gasteiger partial charge is 0.323 e. The lowest BCUT2D eigenvalue weighted by Gasteiger charge is -2.16. The zero-order valence-corrected chi connectivity index (χ0v) is 16.3. The molecule has 2 atom stereocenters. The van der Waals surface area contributed by atoms with Crippen LogP contribution in [0.3, 0.4) is 0 Å². The van der Waals surface area contributed by atoms with Gasteiger partial charge in [0, 0.05) is 22.2 Å². The van der Waals surface area contributed by atoms with Gasteiger partial charge in [-0.2, -0.15) is 0 Å². The molecule has 1 aliphatic heterocycles. The van der Waals surface area contributed by atoms with Crippen LogP contribution < -0.4 is 23.0 Å². The van der Waals surface area contributed by atoms with Gasteiger partial charge in [0.15, 0.2) is 0 Å². The Hall–Kier alpha value is -0.990. The van der Waals surface area contributed by atoms with E-state index in [-0.39, 0.29) is 43.0 Å². The molecule has 1 unspecified atom stereocenters. The van der Waals surface area contributed by atoms with Crippen LogP contribution in [0.15, 0.2) is 18.2 Å². The summed E-state index contributed by atoms with van der Waals surface area (Å²) in [4.78, 5) is 37.2. The molecule has 10 heteroatoms. The van der Waals surface area contributed by atoms with Gasteiger partial charge in [-0.15, -0.1) is 11.8 Å². The highest BCUT2D eigenvalue weighted by molar-refractivity contribution is 8.00. The van der Waals surface area contributed by atoms with Crippen molar-refractivity contribution < 1.29 is 31.5 Å². The van der Waals surface area contributed by atoms with Gasteiger partial charge in [-0.25, -0.2) is 4.90 Å². The predicted molar refractivity (Wildman–Crippen MR) is 94.4 cm³/mol. The Bertz CT molecular complexity index is 654. The monoisotopic (exact) mass is 425 g/mol. The normalized spacial score (nSPS) is 18.1. The summed E-state index contributed by atoms with van der Waals surface area (Å²) in [7, 11) is 0. The topological polar surface area (TPSA) is 89.7 Å². The lowest BCUT2D eigenvalue weighted by atomic mass is 10.3. The van der Waals surface area contributed by atoms with Gasteiger partial charge in [0.25, 0.3) is 0 Å². The number of carbonyl (C=O) groups is 3. The van der Waals surface area contributed by atoms with Crippen LogP contribution in [0.5, 0.6) is 0 Å². The maximum Gasteiger partial charge on any atom is 0.323 e. The Kier molecular flexibility index (Phi) is 8.50. The van der Waals surface area contributed by atoms with E-state index in [2.05, 4.69) is 0 Å². The largest absolute Gasteiger partial charge is 1.00 e. The number of thioether (sulfide) groups is 1. The fourth-order valence-electron chi connectivity index (χ4n) is 2.21. The van der Waals surface area contributed by atoms with Crippen molar-refractivity contribution in [1.82, 2.24) is 0 Å². The molecule has 6 nitrogen and oxygen atoms in total. The van der Waals surface area contributed by atoms with Crippen molar-refractivity contribution in [3.8, 4) is 0 Å². The van der Waals surface area contributed by atoms with Gasteiger partial charge in [-0.1, -0.05) is 23.2 Å². The minimum absolute atomic E-state index is 0. The van der Waals surface area contributed by atoms with Crippen LogP contribution in [-0.4, -0.2) is 41.4 Å². The van der Waals surface area contributed by atoms with Crippen LogP contribution in [0.2, 0.25) is 10.0 Å². The first-order valence-corrected chi connectivity index (χ1v) is 9.00. The van der Waals surface area contributed by atoms with E-state index in [0.717, 1.165) is 16.7 Å². The molecule has 1 aromatic rings. The van der Waals surface area contributed by atoms with Crippen molar-refractivity contribution in [3.05, 3.63) is 28.2 Å².